The van der Waals surface area contributed by atoms with Crippen LogP contribution < -0.4 is 0 Å². The van der Waals surface area contributed by atoms with Crippen molar-refractivity contribution in [3.05, 3.63) is 23.8 Å². The number of nitrogens with zero attached hydrogens (tertiary/aromatic N) is 1. The van der Waals surface area contributed by atoms with Crippen molar-refractivity contribution in [2.75, 3.05) is 6.61 Å². The minimum absolute atomic E-state index is 0.262. The number of aliphatic hydroxyl groups is 1. The topological polar surface area (TPSA) is 57.6 Å². The molecule has 0 atom stereocenters. The van der Waals surface area contributed by atoms with E-state index >= 15 is 0 Å². The van der Waals surface area contributed by atoms with Crippen LogP contribution in [0.3, 0.4) is 0 Å². The van der Waals surface area contributed by atoms with E-state index in [4.69, 9.17) is 5.11 Å². The van der Waals surface area contributed by atoms with E-state index in [1.165, 1.54) is 6.08 Å². The summed E-state index contributed by atoms with van der Waals surface area (Å²) in [5, 5.41) is 9.14. The van der Waals surface area contributed by atoms with Crippen molar-refractivity contribution >= 4 is 11.8 Å². The van der Waals surface area contributed by atoms with Gasteiger partial charge in [0.2, 0.25) is 0 Å². The Bertz CT molecular complexity index is 366. The van der Waals surface area contributed by atoms with Crippen LogP contribution in [0.15, 0.2) is 23.8 Å². The zero-order valence-electron chi connectivity index (χ0n) is 9.20. The fourth-order valence-electron chi connectivity index (χ4n) is 1.52. The molecule has 0 aromatic carbocycles. The zero-order chi connectivity index (χ0) is 11.8. The van der Waals surface area contributed by atoms with Crippen LogP contribution in [0.2, 0.25) is 0 Å². The molecule has 0 saturated heterocycles. The molecule has 0 aliphatic carbocycles. The molecule has 0 spiro atoms. The Kier molecular flexibility index (Phi) is 2.81. The third kappa shape index (κ3) is 1.61. The average Bonchev–Trinajstić information content (AvgIpc) is 2.39. The van der Waals surface area contributed by atoms with Crippen LogP contribution in [0, 0.1) is 0 Å². The van der Waals surface area contributed by atoms with E-state index in [2.05, 4.69) is 6.58 Å². The van der Waals surface area contributed by atoms with E-state index in [-0.39, 0.29) is 18.4 Å². The van der Waals surface area contributed by atoms with Crippen LogP contribution in [0.1, 0.15) is 20.8 Å². The van der Waals surface area contributed by atoms with Gasteiger partial charge in [-0.05, 0) is 20.8 Å². The molecular formula is C11H15NO3. The summed E-state index contributed by atoms with van der Waals surface area (Å²) >= 11 is 0. The van der Waals surface area contributed by atoms with Gasteiger partial charge in [-0.25, -0.2) is 0 Å². The normalized spacial score (nSPS) is 17.7. The molecule has 0 saturated carbocycles. The second-order valence-electron chi connectivity index (χ2n) is 4.16. The number of hydrogen-bond donors (Lipinski definition) is 1. The molecule has 0 fully saturated rings. The first-order chi connectivity index (χ1) is 6.86. The quantitative estimate of drug-likeness (QED) is 0.693. The highest BCUT2D eigenvalue weighted by Crippen LogP contribution is 2.27. The maximum absolute atomic E-state index is 11.8. The fraction of sp³-hybridized carbons (Fsp3) is 0.455. The lowest BCUT2D eigenvalue weighted by Crippen LogP contribution is -2.50. The first-order valence-corrected chi connectivity index (χ1v) is 4.70. The van der Waals surface area contributed by atoms with Crippen LogP contribution in [0.4, 0.5) is 0 Å². The lowest BCUT2D eigenvalue weighted by Gasteiger charge is -2.32. The van der Waals surface area contributed by atoms with Crippen LogP contribution in [-0.4, -0.2) is 34.0 Å². The summed E-state index contributed by atoms with van der Waals surface area (Å²) in [6, 6.07) is 0. The van der Waals surface area contributed by atoms with Crippen molar-refractivity contribution in [1.29, 1.82) is 0 Å². The summed E-state index contributed by atoms with van der Waals surface area (Å²) in [5.74, 6) is -0.736. The van der Waals surface area contributed by atoms with Crippen LogP contribution in [0.25, 0.3) is 0 Å². The number of rotatable bonds is 3. The van der Waals surface area contributed by atoms with Crippen molar-refractivity contribution in [1.82, 2.24) is 4.90 Å². The van der Waals surface area contributed by atoms with Crippen molar-refractivity contribution < 1.29 is 14.7 Å². The number of carbonyl (C=O) groups excluding carboxylic acids is 2. The van der Waals surface area contributed by atoms with E-state index in [0.29, 0.717) is 11.1 Å². The number of imide groups is 1. The summed E-state index contributed by atoms with van der Waals surface area (Å²) in [7, 11) is 0. The van der Waals surface area contributed by atoms with Crippen molar-refractivity contribution in [2.24, 2.45) is 0 Å². The monoisotopic (exact) mass is 209 g/mol. The summed E-state index contributed by atoms with van der Waals surface area (Å²) in [6.45, 7) is 8.11. The number of aliphatic hydroxyl groups excluding tert-OH is 1. The van der Waals surface area contributed by atoms with Gasteiger partial charge in [-0.1, -0.05) is 12.7 Å². The lowest BCUT2D eigenvalue weighted by atomic mass is 10.0. The largest absolute Gasteiger partial charge is 0.394 e. The molecule has 2 amide bonds. The van der Waals surface area contributed by atoms with Crippen LogP contribution in [0.5, 0.6) is 0 Å². The first kappa shape index (κ1) is 11.7. The maximum atomic E-state index is 11.8. The third-order valence-electron chi connectivity index (χ3n) is 2.56. The lowest BCUT2D eigenvalue weighted by molar-refractivity contribution is -0.145. The van der Waals surface area contributed by atoms with E-state index in [0.717, 1.165) is 4.90 Å². The van der Waals surface area contributed by atoms with E-state index in [9.17, 15) is 9.59 Å². The molecule has 1 rings (SSSR count). The van der Waals surface area contributed by atoms with Crippen molar-refractivity contribution in [2.45, 2.75) is 26.3 Å². The van der Waals surface area contributed by atoms with Crippen LogP contribution in [-0.2, 0) is 9.59 Å². The fourth-order valence-corrected chi connectivity index (χ4v) is 1.52. The van der Waals surface area contributed by atoms with Gasteiger partial charge >= 0.3 is 0 Å². The molecule has 1 N–H and O–H groups in total. The maximum Gasteiger partial charge on any atom is 0.261 e. The molecule has 82 valence electrons. The molecule has 1 aliphatic heterocycles. The minimum atomic E-state index is -0.875. The molecule has 0 unspecified atom stereocenters. The summed E-state index contributed by atoms with van der Waals surface area (Å²) < 4.78 is 0. The number of carbonyl (C=O) groups is 2. The van der Waals surface area contributed by atoms with E-state index < -0.39 is 5.54 Å². The summed E-state index contributed by atoms with van der Waals surface area (Å²) in [4.78, 5) is 24.7. The van der Waals surface area contributed by atoms with Gasteiger partial charge in [-0.3, -0.25) is 14.5 Å². The first-order valence-electron chi connectivity index (χ1n) is 4.70. The molecule has 4 heteroatoms. The SMILES string of the molecule is C=CC1=C(C)C(=O)N(C(C)(C)CO)C1=O. The molecule has 0 aromatic heterocycles. The second-order valence-corrected chi connectivity index (χ2v) is 4.16. The molecule has 1 heterocycles. The molecule has 15 heavy (non-hydrogen) atoms. The Morgan fingerprint density at radius 3 is 2.27 bits per heavy atom. The highest BCUT2D eigenvalue weighted by atomic mass is 16.3. The third-order valence-corrected chi connectivity index (χ3v) is 2.56. The summed E-state index contributed by atoms with van der Waals surface area (Å²) in [6.07, 6.45) is 1.38. The molecular weight excluding hydrogens is 194 g/mol. The Hall–Kier alpha value is -1.42. The van der Waals surface area contributed by atoms with Crippen molar-refractivity contribution in [3.63, 3.8) is 0 Å². The highest BCUT2D eigenvalue weighted by molar-refractivity contribution is 6.20. The second kappa shape index (κ2) is 3.62. The highest BCUT2D eigenvalue weighted by Gasteiger charge is 2.42. The smallest absolute Gasteiger partial charge is 0.261 e. The number of amides is 2. The predicted molar refractivity (Wildman–Crippen MR) is 55.9 cm³/mol. The van der Waals surface area contributed by atoms with Crippen molar-refractivity contribution in [3.8, 4) is 0 Å². The summed E-state index contributed by atoms with van der Waals surface area (Å²) in [5.41, 5.74) is -0.168. The Morgan fingerprint density at radius 1 is 1.40 bits per heavy atom. The van der Waals surface area contributed by atoms with E-state index in [1.807, 2.05) is 0 Å². The van der Waals surface area contributed by atoms with E-state index in [1.54, 1.807) is 20.8 Å². The molecule has 4 nitrogen and oxygen atoms in total. The Balaban J connectivity index is 3.17. The van der Waals surface area contributed by atoms with Crippen LogP contribution >= 0.6 is 0 Å². The predicted octanol–water partition coefficient (Wildman–Crippen LogP) is 0.629. The Morgan fingerprint density at radius 2 is 1.93 bits per heavy atom. The molecule has 1 aliphatic rings. The molecule has 0 bridgehead atoms. The van der Waals surface area contributed by atoms with Gasteiger partial charge < -0.3 is 5.11 Å². The van der Waals surface area contributed by atoms with Gasteiger partial charge in [-0.15, -0.1) is 0 Å². The Labute approximate surface area is 88.9 Å². The van der Waals surface area contributed by atoms with Gasteiger partial charge in [0.1, 0.15) is 0 Å². The molecule has 0 radical (unpaired) electrons. The average molecular weight is 209 g/mol. The van der Waals surface area contributed by atoms with Gasteiger partial charge in [0, 0.05) is 11.1 Å². The number of hydrogen-bond acceptors (Lipinski definition) is 3. The standard InChI is InChI=1S/C11H15NO3/c1-5-8-7(2)9(14)12(10(8)15)11(3,4)6-13/h5,13H,1,6H2,2-4H3. The zero-order valence-corrected chi connectivity index (χ0v) is 9.20. The molecule has 0 aromatic rings. The van der Waals surface area contributed by atoms with Gasteiger partial charge in [0.15, 0.2) is 0 Å². The minimum Gasteiger partial charge on any atom is -0.394 e. The van der Waals surface area contributed by atoms with Gasteiger partial charge in [0.05, 0.1) is 12.1 Å². The van der Waals surface area contributed by atoms with Gasteiger partial charge in [0.25, 0.3) is 11.8 Å². The van der Waals surface area contributed by atoms with Gasteiger partial charge in [-0.2, -0.15) is 0 Å².